The van der Waals surface area contributed by atoms with Gasteiger partial charge in [-0.3, -0.25) is 9.59 Å². The second kappa shape index (κ2) is 7.66. The largest absolute Gasteiger partial charge is 0.481 e. The first-order valence-corrected chi connectivity index (χ1v) is 11.5. The lowest BCUT2D eigenvalue weighted by Crippen LogP contribution is -2.47. The van der Waals surface area contributed by atoms with Gasteiger partial charge in [0.15, 0.2) is 0 Å². The summed E-state index contributed by atoms with van der Waals surface area (Å²) >= 11 is 0. The van der Waals surface area contributed by atoms with Crippen LogP contribution in [0, 0.1) is 29.6 Å². The number of nitrogens with one attached hydrogen (secondary N) is 1. The molecule has 1 amide bonds. The van der Waals surface area contributed by atoms with Crippen molar-refractivity contribution in [1.82, 2.24) is 5.32 Å². The summed E-state index contributed by atoms with van der Waals surface area (Å²) < 4.78 is 0. The molecule has 6 atom stereocenters. The van der Waals surface area contributed by atoms with Gasteiger partial charge in [-0.2, -0.15) is 0 Å². The molecule has 6 unspecified atom stereocenters. The molecule has 156 valence electrons. The fourth-order valence-corrected chi connectivity index (χ4v) is 6.76. The Morgan fingerprint density at radius 2 is 1.62 bits per heavy atom. The van der Waals surface area contributed by atoms with Crippen molar-refractivity contribution in [2.24, 2.45) is 29.6 Å². The number of hydrogen-bond acceptors (Lipinski definition) is 3. The third-order valence-electron chi connectivity index (χ3n) is 8.21. The summed E-state index contributed by atoms with van der Waals surface area (Å²) in [6.45, 7) is 1.43. The van der Waals surface area contributed by atoms with Crippen molar-refractivity contribution >= 4 is 17.6 Å². The maximum atomic E-state index is 13.0. The fraction of sp³-hybridized carbons (Fsp3) is 0.667. The predicted molar refractivity (Wildman–Crippen MR) is 112 cm³/mol. The number of hydrogen-bond donors (Lipinski definition) is 2. The van der Waals surface area contributed by atoms with Gasteiger partial charge in [-0.1, -0.05) is 12.8 Å². The van der Waals surface area contributed by atoms with Gasteiger partial charge >= 0.3 is 5.97 Å². The summed E-state index contributed by atoms with van der Waals surface area (Å²) in [7, 11) is 0. The van der Waals surface area contributed by atoms with Crippen LogP contribution in [0.4, 0.5) is 5.69 Å². The quantitative estimate of drug-likeness (QED) is 0.809. The number of fused-ring (bicyclic) bond motifs is 2. The fourth-order valence-electron chi connectivity index (χ4n) is 6.76. The summed E-state index contributed by atoms with van der Waals surface area (Å²) in [5.41, 5.74) is 1.73. The summed E-state index contributed by atoms with van der Waals surface area (Å²) in [4.78, 5) is 26.4. The van der Waals surface area contributed by atoms with Gasteiger partial charge in [-0.15, -0.1) is 0 Å². The standard InChI is InChI=1S/C24H32N2O3/c27-23(25-22-17-4-1-3-16-11-20(22)13-19(16)12-17)15-6-8-21(9-7-15)26-10-2-5-18(14-26)24(28)29/h6-9,16-20,22H,1-5,10-14H2,(H,25,27)(H,28,29). The first-order chi connectivity index (χ1) is 14.1. The minimum atomic E-state index is -0.711. The highest BCUT2D eigenvalue weighted by atomic mass is 16.4. The van der Waals surface area contributed by atoms with E-state index in [1.165, 1.54) is 38.5 Å². The molecule has 5 nitrogen and oxygen atoms in total. The smallest absolute Gasteiger partial charge is 0.308 e. The van der Waals surface area contributed by atoms with Gasteiger partial charge in [0.25, 0.3) is 5.91 Å². The van der Waals surface area contributed by atoms with Crippen molar-refractivity contribution in [2.75, 3.05) is 18.0 Å². The Morgan fingerprint density at radius 3 is 2.41 bits per heavy atom. The minimum Gasteiger partial charge on any atom is -0.481 e. The lowest BCUT2D eigenvalue weighted by Gasteiger charge is -2.37. The summed E-state index contributed by atoms with van der Waals surface area (Å²) in [5.74, 6) is 2.20. The van der Waals surface area contributed by atoms with Gasteiger partial charge in [0, 0.05) is 30.4 Å². The topological polar surface area (TPSA) is 69.6 Å². The van der Waals surface area contributed by atoms with Crippen LogP contribution in [0.5, 0.6) is 0 Å². The van der Waals surface area contributed by atoms with Gasteiger partial charge in [-0.05, 0) is 86.5 Å². The second-order valence-electron chi connectivity index (χ2n) is 9.85. The molecule has 4 fully saturated rings. The van der Waals surface area contributed by atoms with Gasteiger partial charge in [-0.25, -0.2) is 0 Å². The zero-order chi connectivity index (χ0) is 20.0. The third kappa shape index (κ3) is 3.64. The first-order valence-electron chi connectivity index (χ1n) is 11.5. The number of carboxylic acid groups (broad SMARTS) is 1. The Bertz CT molecular complexity index is 777. The zero-order valence-electron chi connectivity index (χ0n) is 17.1. The van der Waals surface area contributed by atoms with Crippen LogP contribution in [0.15, 0.2) is 24.3 Å². The normalized spacial score (nSPS) is 35.9. The van der Waals surface area contributed by atoms with Crippen molar-refractivity contribution in [3.63, 3.8) is 0 Å². The Morgan fingerprint density at radius 1 is 0.897 bits per heavy atom. The van der Waals surface area contributed by atoms with E-state index in [9.17, 15) is 14.7 Å². The van der Waals surface area contributed by atoms with Crippen molar-refractivity contribution in [3.8, 4) is 0 Å². The maximum Gasteiger partial charge on any atom is 0.308 e. The summed E-state index contributed by atoms with van der Waals surface area (Å²) in [6, 6.07) is 8.10. The van der Waals surface area contributed by atoms with Gasteiger partial charge in [0.2, 0.25) is 0 Å². The van der Waals surface area contributed by atoms with E-state index in [4.69, 9.17) is 0 Å². The molecule has 1 heterocycles. The van der Waals surface area contributed by atoms with E-state index in [0.717, 1.165) is 36.9 Å². The number of aliphatic carboxylic acids is 1. The Hall–Kier alpha value is -2.04. The molecule has 0 spiro atoms. The molecule has 3 bridgehead atoms. The van der Waals surface area contributed by atoms with Crippen LogP contribution < -0.4 is 10.2 Å². The molecule has 0 aromatic heterocycles. The molecule has 1 aliphatic heterocycles. The van der Waals surface area contributed by atoms with Gasteiger partial charge in [0.05, 0.1) is 5.92 Å². The molecule has 0 radical (unpaired) electrons. The van der Waals surface area contributed by atoms with Crippen LogP contribution in [0.3, 0.4) is 0 Å². The molecular formula is C24H32N2O3. The maximum absolute atomic E-state index is 13.0. The van der Waals surface area contributed by atoms with Gasteiger partial charge in [0.1, 0.15) is 0 Å². The highest BCUT2D eigenvalue weighted by Crippen LogP contribution is 2.53. The van der Waals surface area contributed by atoms with E-state index in [1.54, 1.807) is 0 Å². The summed E-state index contributed by atoms with van der Waals surface area (Å²) in [6.07, 6.45) is 9.57. The highest BCUT2D eigenvalue weighted by molar-refractivity contribution is 5.94. The highest BCUT2D eigenvalue weighted by Gasteiger charge is 2.48. The number of piperidine rings is 1. The molecule has 29 heavy (non-hydrogen) atoms. The van der Waals surface area contributed by atoms with E-state index in [-0.39, 0.29) is 11.8 Å². The molecule has 2 N–H and O–H groups in total. The number of carbonyl (C=O) groups excluding carboxylic acids is 1. The van der Waals surface area contributed by atoms with E-state index < -0.39 is 5.97 Å². The molecule has 3 aliphatic carbocycles. The lowest BCUT2D eigenvalue weighted by molar-refractivity contribution is -0.141. The predicted octanol–water partition coefficient (Wildman–Crippen LogP) is 3.93. The molecule has 4 aliphatic rings. The van der Waals surface area contributed by atoms with Crippen LogP contribution in [0.1, 0.15) is 61.7 Å². The van der Waals surface area contributed by atoms with E-state index in [2.05, 4.69) is 10.2 Å². The molecule has 5 heteroatoms. The van der Waals surface area contributed by atoms with Crippen molar-refractivity contribution in [1.29, 1.82) is 0 Å². The second-order valence-corrected chi connectivity index (χ2v) is 9.85. The monoisotopic (exact) mass is 396 g/mol. The van der Waals surface area contributed by atoms with Crippen molar-refractivity contribution in [3.05, 3.63) is 29.8 Å². The van der Waals surface area contributed by atoms with Crippen molar-refractivity contribution in [2.45, 2.75) is 57.4 Å². The number of amides is 1. The Balaban J connectivity index is 1.24. The van der Waals surface area contributed by atoms with Crippen LogP contribution >= 0.6 is 0 Å². The first kappa shape index (κ1) is 19.0. The third-order valence-corrected chi connectivity index (χ3v) is 8.21. The molecular weight excluding hydrogens is 364 g/mol. The summed E-state index contributed by atoms with van der Waals surface area (Å²) in [5, 5.41) is 12.7. The van der Waals surface area contributed by atoms with Crippen LogP contribution in [-0.2, 0) is 4.79 Å². The SMILES string of the molecule is O=C(NC1C2CCCC3CC1CC3C2)c1ccc(N2CCCC(C(=O)O)C2)cc1. The molecule has 5 rings (SSSR count). The zero-order valence-corrected chi connectivity index (χ0v) is 17.1. The Kier molecular flexibility index (Phi) is 5.00. The average molecular weight is 397 g/mol. The van der Waals surface area contributed by atoms with Crippen LogP contribution in [-0.4, -0.2) is 36.1 Å². The number of carboxylic acids is 1. The van der Waals surface area contributed by atoms with Crippen LogP contribution in [0.25, 0.3) is 0 Å². The number of benzene rings is 1. The van der Waals surface area contributed by atoms with Gasteiger partial charge < -0.3 is 15.3 Å². The van der Waals surface area contributed by atoms with Crippen LogP contribution in [0.2, 0.25) is 0 Å². The average Bonchev–Trinajstić information content (AvgIpc) is 2.98. The van der Waals surface area contributed by atoms with Crippen molar-refractivity contribution < 1.29 is 14.7 Å². The number of rotatable bonds is 4. The Labute approximate surface area is 172 Å². The van der Waals surface area contributed by atoms with E-state index in [1.807, 2.05) is 24.3 Å². The number of nitrogens with zero attached hydrogens (tertiary/aromatic N) is 1. The molecule has 1 aromatic carbocycles. The minimum absolute atomic E-state index is 0.0519. The molecule has 1 aromatic rings. The molecule has 3 saturated carbocycles. The lowest BCUT2D eigenvalue weighted by atomic mass is 9.75. The molecule has 1 saturated heterocycles. The van der Waals surface area contributed by atoms with E-state index >= 15 is 0 Å². The number of anilines is 1. The number of carbonyl (C=O) groups is 2. The van der Waals surface area contributed by atoms with E-state index in [0.29, 0.717) is 30.0 Å².